The van der Waals surface area contributed by atoms with E-state index in [1.807, 2.05) is 36.2 Å². The average Bonchev–Trinajstić information content (AvgIpc) is 2.31. The number of anilines is 1. The molecule has 18 heavy (non-hydrogen) atoms. The van der Waals surface area contributed by atoms with Crippen molar-refractivity contribution in [3.63, 3.8) is 0 Å². The number of aromatic nitrogens is 3. The number of nitrogens with zero attached hydrogens (tertiary/aromatic N) is 4. The van der Waals surface area contributed by atoms with Gasteiger partial charge in [-0.25, -0.2) is 0 Å². The normalized spacial score (nSPS) is 10.4. The van der Waals surface area contributed by atoms with Crippen molar-refractivity contribution in [2.45, 2.75) is 6.54 Å². The number of rotatable bonds is 3. The highest BCUT2D eigenvalue weighted by Crippen LogP contribution is 2.16. The van der Waals surface area contributed by atoms with Crippen molar-refractivity contribution in [1.82, 2.24) is 15.0 Å². The monoisotopic (exact) mass is 302 g/mol. The standard InChI is InChI=1S/C11H9Cl3N4/c1-18(6-7-2-4-8(12)5-3-7)11-16-9(13)15-10(14)17-11/h2-5H,6H2,1H3. The van der Waals surface area contributed by atoms with Crippen LogP contribution in [0.2, 0.25) is 15.6 Å². The Morgan fingerprint density at radius 2 is 1.50 bits per heavy atom. The van der Waals surface area contributed by atoms with Gasteiger partial charge in [-0.2, -0.15) is 15.0 Å². The van der Waals surface area contributed by atoms with Crippen LogP contribution < -0.4 is 4.90 Å². The first-order valence-electron chi connectivity index (χ1n) is 5.07. The van der Waals surface area contributed by atoms with Crippen LogP contribution in [0.5, 0.6) is 0 Å². The highest BCUT2D eigenvalue weighted by Gasteiger charge is 2.08. The van der Waals surface area contributed by atoms with Crippen LogP contribution in [-0.2, 0) is 6.54 Å². The quantitative estimate of drug-likeness (QED) is 0.870. The summed E-state index contributed by atoms with van der Waals surface area (Å²) in [5.41, 5.74) is 1.08. The molecule has 0 saturated heterocycles. The average molecular weight is 304 g/mol. The Morgan fingerprint density at radius 3 is 2.06 bits per heavy atom. The lowest BCUT2D eigenvalue weighted by Crippen LogP contribution is -2.19. The molecule has 0 aliphatic rings. The van der Waals surface area contributed by atoms with Gasteiger partial charge in [0.1, 0.15) is 0 Å². The largest absolute Gasteiger partial charge is 0.339 e. The predicted octanol–water partition coefficient (Wildman–Crippen LogP) is 3.47. The zero-order valence-corrected chi connectivity index (χ0v) is 11.7. The fourth-order valence-electron chi connectivity index (χ4n) is 1.42. The van der Waals surface area contributed by atoms with E-state index in [9.17, 15) is 0 Å². The lowest BCUT2D eigenvalue weighted by Gasteiger charge is -2.16. The van der Waals surface area contributed by atoms with E-state index in [1.54, 1.807) is 0 Å². The molecule has 0 saturated carbocycles. The Kier molecular flexibility index (Phi) is 4.22. The molecular formula is C11H9Cl3N4. The van der Waals surface area contributed by atoms with Crippen LogP contribution in [0.3, 0.4) is 0 Å². The first-order valence-corrected chi connectivity index (χ1v) is 6.20. The minimum Gasteiger partial charge on any atom is -0.339 e. The molecule has 4 nitrogen and oxygen atoms in total. The Bertz CT molecular complexity index is 524. The maximum absolute atomic E-state index is 5.83. The maximum atomic E-state index is 5.83. The maximum Gasteiger partial charge on any atom is 0.231 e. The molecule has 0 unspecified atom stereocenters. The van der Waals surface area contributed by atoms with Crippen molar-refractivity contribution in [2.75, 3.05) is 11.9 Å². The summed E-state index contributed by atoms with van der Waals surface area (Å²) in [5, 5.41) is 0.855. The van der Waals surface area contributed by atoms with Crippen LogP contribution in [0.15, 0.2) is 24.3 Å². The van der Waals surface area contributed by atoms with Crippen molar-refractivity contribution in [2.24, 2.45) is 0 Å². The second-order valence-electron chi connectivity index (χ2n) is 3.66. The first kappa shape index (κ1) is 13.3. The van der Waals surface area contributed by atoms with E-state index in [1.165, 1.54) is 0 Å². The molecule has 7 heteroatoms. The van der Waals surface area contributed by atoms with E-state index in [-0.39, 0.29) is 10.6 Å². The highest BCUT2D eigenvalue weighted by molar-refractivity contribution is 6.31. The Morgan fingerprint density at radius 1 is 0.944 bits per heavy atom. The van der Waals surface area contributed by atoms with E-state index in [0.29, 0.717) is 17.5 Å². The molecule has 0 radical (unpaired) electrons. The molecule has 94 valence electrons. The summed E-state index contributed by atoms with van der Waals surface area (Å²) < 4.78 is 0. The number of halogens is 3. The topological polar surface area (TPSA) is 41.9 Å². The summed E-state index contributed by atoms with van der Waals surface area (Å²) in [7, 11) is 1.84. The Labute approximate surface area is 120 Å². The molecule has 0 aliphatic heterocycles. The van der Waals surface area contributed by atoms with Gasteiger partial charge >= 0.3 is 0 Å². The predicted molar refractivity (Wildman–Crippen MR) is 73.4 cm³/mol. The van der Waals surface area contributed by atoms with Gasteiger partial charge in [-0.3, -0.25) is 0 Å². The SMILES string of the molecule is CN(Cc1ccc(Cl)cc1)c1nc(Cl)nc(Cl)n1. The summed E-state index contributed by atoms with van der Waals surface area (Å²) in [5.74, 6) is 0.426. The summed E-state index contributed by atoms with van der Waals surface area (Å²) in [6.07, 6.45) is 0. The third-order valence-corrected chi connectivity index (χ3v) is 2.83. The smallest absolute Gasteiger partial charge is 0.231 e. The van der Waals surface area contributed by atoms with Gasteiger partial charge in [0.15, 0.2) is 0 Å². The molecule has 0 bridgehead atoms. The molecule has 1 aromatic heterocycles. The number of hydrogen-bond acceptors (Lipinski definition) is 4. The Balaban J connectivity index is 2.16. The second-order valence-corrected chi connectivity index (χ2v) is 4.77. The zero-order valence-electron chi connectivity index (χ0n) is 9.44. The molecule has 0 N–H and O–H groups in total. The molecule has 0 amide bonds. The van der Waals surface area contributed by atoms with Crippen molar-refractivity contribution in [1.29, 1.82) is 0 Å². The molecule has 2 rings (SSSR count). The highest BCUT2D eigenvalue weighted by atomic mass is 35.5. The van der Waals surface area contributed by atoms with E-state index >= 15 is 0 Å². The molecule has 0 atom stereocenters. The van der Waals surface area contributed by atoms with Crippen LogP contribution in [0, 0.1) is 0 Å². The van der Waals surface area contributed by atoms with Crippen molar-refractivity contribution < 1.29 is 0 Å². The van der Waals surface area contributed by atoms with Crippen LogP contribution in [0.4, 0.5) is 5.95 Å². The van der Waals surface area contributed by atoms with Crippen molar-refractivity contribution >= 4 is 40.8 Å². The van der Waals surface area contributed by atoms with Gasteiger partial charge < -0.3 is 4.90 Å². The molecule has 2 aromatic rings. The molecule has 0 fully saturated rings. The molecular weight excluding hydrogens is 295 g/mol. The Hall–Kier alpha value is -1.10. The van der Waals surface area contributed by atoms with Crippen molar-refractivity contribution in [3.05, 3.63) is 45.4 Å². The van der Waals surface area contributed by atoms with E-state index < -0.39 is 0 Å². The van der Waals surface area contributed by atoms with Gasteiger partial charge in [-0.15, -0.1) is 0 Å². The third kappa shape index (κ3) is 3.45. The lowest BCUT2D eigenvalue weighted by molar-refractivity contribution is 0.853. The first-order chi connectivity index (χ1) is 8.54. The van der Waals surface area contributed by atoms with Crippen LogP contribution >= 0.6 is 34.8 Å². The van der Waals surface area contributed by atoms with E-state index in [4.69, 9.17) is 34.8 Å². The number of hydrogen-bond donors (Lipinski definition) is 0. The van der Waals surface area contributed by atoms with E-state index in [0.717, 1.165) is 5.56 Å². The van der Waals surface area contributed by atoms with Crippen LogP contribution in [0.25, 0.3) is 0 Å². The van der Waals surface area contributed by atoms with Gasteiger partial charge in [0.2, 0.25) is 16.5 Å². The van der Waals surface area contributed by atoms with Crippen molar-refractivity contribution in [3.8, 4) is 0 Å². The number of benzene rings is 1. The van der Waals surface area contributed by atoms with Gasteiger partial charge in [-0.05, 0) is 40.9 Å². The van der Waals surface area contributed by atoms with Gasteiger partial charge in [0.25, 0.3) is 0 Å². The fraction of sp³-hybridized carbons (Fsp3) is 0.182. The molecule has 1 aromatic carbocycles. The van der Waals surface area contributed by atoms with Crippen LogP contribution in [0.1, 0.15) is 5.56 Å². The second kappa shape index (κ2) is 5.69. The zero-order chi connectivity index (χ0) is 13.1. The van der Waals surface area contributed by atoms with Crippen LogP contribution in [-0.4, -0.2) is 22.0 Å². The van der Waals surface area contributed by atoms with Gasteiger partial charge in [-0.1, -0.05) is 23.7 Å². The van der Waals surface area contributed by atoms with Gasteiger partial charge in [0.05, 0.1) is 0 Å². The molecule has 0 aliphatic carbocycles. The minimum atomic E-state index is 0.0768. The summed E-state index contributed by atoms with van der Waals surface area (Å²) in [4.78, 5) is 13.5. The summed E-state index contributed by atoms with van der Waals surface area (Å²) in [6, 6.07) is 7.53. The molecule has 1 heterocycles. The van der Waals surface area contributed by atoms with Gasteiger partial charge in [0, 0.05) is 18.6 Å². The summed E-state index contributed by atoms with van der Waals surface area (Å²) >= 11 is 17.3. The summed E-state index contributed by atoms with van der Waals surface area (Å²) in [6.45, 7) is 0.619. The third-order valence-electron chi connectivity index (χ3n) is 2.24. The lowest BCUT2D eigenvalue weighted by atomic mass is 10.2. The molecule has 0 spiro atoms. The fourth-order valence-corrected chi connectivity index (χ4v) is 1.90. The van der Waals surface area contributed by atoms with E-state index in [2.05, 4.69) is 15.0 Å². The minimum absolute atomic E-state index is 0.0768.